The van der Waals surface area contributed by atoms with E-state index in [4.69, 9.17) is 9.47 Å². The summed E-state index contributed by atoms with van der Waals surface area (Å²) in [6.45, 7) is 14.4. The number of carbonyl (C=O) groups is 2. The van der Waals surface area contributed by atoms with E-state index in [2.05, 4.69) is 0 Å². The third-order valence-corrected chi connectivity index (χ3v) is 7.19. The van der Waals surface area contributed by atoms with Crippen LogP contribution in [0.2, 0.25) is 0 Å². The van der Waals surface area contributed by atoms with Crippen molar-refractivity contribution in [2.45, 2.75) is 73.3 Å². The summed E-state index contributed by atoms with van der Waals surface area (Å²) < 4.78 is 11.6. The molecule has 0 saturated heterocycles. The molecule has 6 nitrogen and oxygen atoms in total. The van der Waals surface area contributed by atoms with Crippen molar-refractivity contribution in [2.75, 3.05) is 7.11 Å². The van der Waals surface area contributed by atoms with E-state index in [0.29, 0.717) is 30.0 Å². The molecule has 1 aliphatic rings. The van der Waals surface area contributed by atoms with E-state index in [1.54, 1.807) is 7.11 Å². The number of aryl methyl sites for hydroxylation is 2. The molecule has 1 heterocycles. The van der Waals surface area contributed by atoms with Gasteiger partial charge >= 0.3 is 5.97 Å². The molecule has 4 rings (SSSR count). The van der Waals surface area contributed by atoms with E-state index in [1.807, 2.05) is 95.8 Å². The Hall–Kier alpha value is -3.64. The third kappa shape index (κ3) is 5.18. The summed E-state index contributed by atoms with van der Waals surface area (Å²) in [5, 5.41) is 10.3. The van der Waals surface area contributed by atoms with Crippen LogP contribution in [-0.2, 0) is 22.6 Å². The molecular formula is C32H37NO5. The number of carboxylic acids is 1. The molecule has 1 atom stereocenters. The molecule has 1 unspecified atom stereocenters. The highest BCUT2D eigenvalue weighted by molar-refractivity contribution is 5.97. The topological polar surface area (TPSA) is 76.1 Å². The monoisotopic (exact) mass is 515 g/mol. The van der Waals surface area contributed by atoms with E-state index in [1.165, 1.54) is 0 Å². The fraction of sp³-hybridized carbons (Fsp3) is 0.375. The number of nitrogens with zero attached hydrogens (tertiary/aromatic N) is 1. The molecular weight excluding hydrogens is 478 g/mol. The van der Waals surface area contributed by atoms with Gasteiger partial charge in [-0.15, -0.1) is 0 Å². The summed E-state index contributed by atoms with van der Waals surface area (Å²) in [7, 11) is 1.57. The Morgan fingerprint density at radius 2 is 1.47 bits per heavy atom. The molecule has 3 aromatic carbocycles. The Bertz CT molecular complexity index is 1400. The maximum absolute atomic E-state index is 13.7. The Balaban J connectivity index is 1.90. The molecule has 1 N–H and O–H groups in total. The minimum atomic E-state index is -1.16. The Kier molecular flexibility index (Phi) is 7.39. The quantitative estimate of drug-likeness (QED) is 0.396. The Morgan fingerprint density at radius 3 is 2.03 bits per heavy atom. The SMILES string of the molecule is COc1ccc(C)cc1C(=O)N1Cc2c(C)c(-c3ccc(C)cc3)c(C(OC(C)(C)C)C(=O)O)c(C)c2C1. The highest BCUT2D eigenvalue weighted by Crippen LogP contribution is 2.44. The fourth-order valence-electron chi connectivity index (χ4n) is 5.33. The van der Waals surface area contributed by atoms with E-state index < -0.39 is 17.7 Å². The first-order chi connectivity index (χ1) is 17.8. The molecule has 0 aliphatic carbocycles. The summed E-state index contributed by atoms with van der Waals surface area (Å²) in [5.74, 6) is -0.610. The molecule has 6 heteroatoms. The number of methoxy groups -OCH3 is 1. The van der Waals surface area contributed by atoms with Crippen LogP contribution in [0, 0.1) is 27.7 Å². The van der Waals surface area contributed by atoms with Crippen LogP contribution in [0.15, 0.2) is 42.5 Å². The second-order valence-corrected chi connectivity index (χ2v) is 11.2. The van der Waals surface area contributed by atoms with Gasteiger partial charge in [0.15, 0.2) is 6.10 Å². The van der Waals surface area contributed by atoms with Gasteiger partial charge < -0.3 is 19.5 Å². The summed E-state index contributed by atoms with van der Waals surface area (Å²) in [5.41, 5.74) is 8.26. The van der Waals surface area contributed by atoms with Crippen molar-refractivity contribution in [3.05, 3.63) is 87.0 Å². The minimum Gasteiger partial charge on any atom is -0.496 e. The molecule has 1 amide bonds. The molecule has 0 radical (unpaired) electrons. The van der Waals surface area contributed by atoms with E-state index >= 15 is 0 Å². The average Bonchev–Trinajstić information content (AvgIpc) is 3.31. The van der Waals surface area contributed by atoms with Crippen molar-refractivity contribution in [1.29, 1.82) is 0 Å². The molecule has 1 aliphatic heterocycles. The highest BCUT2D eigenvalue weighted by atomic mass is 16.5. The van der Waals surface area contributed by atoms with Gasteiger partial charge in [-0.25, -0.2) is 4.79 Å². The van der Waals surface area contributed by atoms with Gasteiger partial charge in [-0.2, -0.15) is 0 Å². The number of hydrogen-bond acceptors (Lipinski definition) is 4. The van der Waals surface area contributed by atoms with Crippen molar-refractivity contribution in [2.24, 2.45) is 0 Å². The Morgan fingerprint density at radius 1 is 0.895 bits per heavy atom. The number of hydrogen-bond donors (Lipinski definition) is 1. The zero-order valence-corrected chi connectivity index (χ0v) is 23.6. The first-order valence-corrected chi connectivity index (χ1v) is 12.9. The maximum atomic E-state index is 13.7. The van der Waals surface area contributed by atoms with Gasteiger partial charge in [-0.05, 0) is 94.0 Å². The van der Waals surface area contributed by atoms with Crippen LogP contribution >= 0.6 is 0 Å². The predicted molar refractivity (Wildman–Crippen MR) is 149 cm³/mol. The molecule has 3 aromatic rings. The first kappa shape index (κ1) is 27.4. The maximum Gasteiger partial charge on any atom is 0.337 e. The molecule has 0 aromatic heterocycles. The first-order valence-electron chi connectivity index (χ1n) is 12.9. The Labute approximate surface area is 225 Å². The highest BCUT2D eigenvalue weighted by Gasteiger charge is 2.36. The average molecular weight is 516 g/mol. The molecule has 0 fully saturated rings. The van der Waals surface area contributed by atoms with Crippen LogP contribution in [0.4, 0.5) is 0 Å². The second kappa shape index (κ2) is 10.3. The smallest absolute Gasteiger partial charge is 0.337 e. The lowest BCUT2D eigenvalue weighted by molar-refractivity contribution is -0.160. The largest absolute Gasteiger partial charge is 0.496 e. The summed E-state index contributed by atoms with van der Waals surface area (Å²) in [6, 6.07) is 13.7. The van der Waals surface area contributed by atoms with Gasteiger partial charge in [-0.1, -0.05) is 41.5 Å². The summed E-state index contributed by atoms with van der Waals surface area (Å²) >= 11 is 0. The van der Waals surface area contributed by atoms with Crippen LogP contribution in [0.1, 0.15) is 76.2 Å². The number of carbonyl (C=O) groups excluding carboxylic acids is 1. The van der Waals surface area contributed by atoms with Gasteiger partial charge in [0.2, 0.25) is 0 Å². The van der Waals surface area contributed by atoms with Crippen LogP contribution in [0.5, 0.6) is 5.75 Å². The van der Waals surface area contributed by atoms with Crippen LogP contribution < -0.4 is 4.74 Å². The molecule has 0 bridgehead atoms. The van der Waals surface area contributed by atoms with Crippen LogP contribution in [0.3, 0.4) is 0 Å². The number of amides is 1. The molecule has 0 saturated carbocycles. The molecule has 38 heavy (non-hydrogen) atoms. The molecule has 200 valence electrons. The van der Waals surface area contributed by atoms with Crippen molar-refractivity contribution in [3.63, 3.8) is 0 Å². The number of ether oxygens (including phenoxy) is 2. The van der Waals surface area contributed by atoms with Gasteiger partial charge in [0.25, 0.3) is 5.91 Å². The number of aliphatic carboxylic acids is 1. The lowest BCUT2D eigenvalue weighted by atomic mass is 9.83. The fourth-order valence-corrected chi connectivity index (χ4v) is 5.33. The lowest BCUT2D eigenvalue weighted by Gasteiger charge is -2.29. The van der Waals surface area contributed by atoms with Crippen LogP contribution in [-0.4, -0.2) is 34.6 Å². The number of benzene rings is 3. The second-order valence-electron chi connectivity index (χ2n) is 11.2. The molecule has 0 spiro atoms. The van der Waals surface area contributed by atoms with E-state index in [0.717, 1.165) is 44.5 Å². The zero-order valence-electron chi connectivity index (χ0n) is 23.6. The van der Waals surface area contributed by atoms with E-state index in [-0.39, 0.29) is 5.91 Å². The van der Waals surface area contributed by atoms with Gasteiger partial charge in [-0.3, -0.25) is 4.79 Å². The van der Waals surface area contributed by atoms with Gasteiger partial charge in [0.05, 0.1) is 18.3 Å². The summed E-state index contributed by atoms with van der Waals surface area (Å²) in [4.78, 5) is 28.2. The number of fused-ring (bicyclic) bond motifs is 1. The summed E-state index contributed by atoms with van der Waals surface area (Å²) in [6.07, 6.45) is -1.16. The van der Waals surface area contributed by atoms with Gasteiger partial charge in [0.1, 0.15) is 5.75 Å². The van der Waals surface area contributed by atoms with Gasteiger partial charge in [0, 0.05) is 18.7 Å². The minimum absolute atomic E-state index is 0.111. The lowest BCUT2D eigenvalue weighted by Crippen LogP contribution is -2.28. The zero-order chi connectivity index (χ0) is 27.9. The van der Waals surface area contributed by atoms with E-state index in [9.17, 15) is 14.7 Å². The van der Waals surface area contributed by atoms with Crippen LogP contribution in [0.25, 0.3) is 11.1 Å². The normalized spacial score (nSPS) is 13.8. The third-order valence-electron chi connectivity index (χ3n) is 7.19. The standard InChI is InChI=1S/C32H37NO5/c1-18-9-12-22(13-10-18)27-20(3)24-16-33(30(34)23-15-19(2)11-14-26(23)37-8)17-25(24)21(4)28(27)29(31(35)36)38-32(5,6)7/h9-15,29H,16-17H2,1-8H3,(H,35,36). The number of carboxylic acid groups (broad SMARTS) is 1. The van der Waals surface area contributed by atoms with Crippen molar-refractivity contribution >= 4 is 11.9 Å². The van der Waals surface area contributed by atoms with Crippen molar-refractivity contribution in [1.82, 2.24) is 4.90 Å². The van der Waals surface area contributed by atoms with Crippen molar-refractivity contribution in [3.8, 4) is 16.9 Å². The predicted octanol–water partition coefficient (Wildman–Crippen LogP) is 6.69. The number of rotatable bonds is 6. The van der Waals surface area contributed by atoms with Crippen molar-refractivity contribution < 1.29 is 24.2 Å².